The molecule has 1 saturated heterocycles. The van der Waals surface area contributed by atoms with Crippen LogP contribution in [0.25, 0.3) is 0 Å². The Labute approximate surface area is 166 Å². The van der Waals surface area contributed by atoms with Crippen LogP contribution in [-0.2, 0) is 19.4 Å². The Morgan fingerprint density at radius 1 is 1.04 bits per heavy atom. The number of hydrogen-bond donors (Lipinski definition) is 1. The molecule has 1 N–H and O–H groups in total. The lowest BCUT2D eigenvalue weighted by Crippen LogP contribution is -2.41. The molecule has 0 aliphatic carbocycles. The molecular weight excluding hydrogens is 374 g/mol. The topological polar surface area (TPSA) is 72.5 Å². The van der Waals surface area contributed by atoms with Crippen molar-refractivity contribution in [3.63, 3.8) is 0 Å². The van der Waals surface area contributed by atoms with Crippen molar-refractivity contribution in [2.45, 2.75) is 30.3 Å². The van der Waals surface area contributed by atoms with Crippen molar-refractivity contribution in [3.05, 3.63) is 65.7 Å². The zero-order chi connectivity index (χ0) is 20.0. The van der Waals surface area contributed by atoms with Gasteiger partial charge in [-0.25, -0.2) is 8.42 Å². The second-order valence-electron chi connectivity index (χ2n) is 6.73. The highest BCUT2D eigenvalue weighted by Gasteiger charge is 2.36. The van der Waals surface area contributed by atoms with Crippen molar-refractivity contribution in [1.82, 2.24) is 0 Å². The fraction of sp³-hybridized carbons (Fsp3) is 0.318. The van der Waals surface area contributed by atoms with Crippen LogP contribution in [0.4, 0.5) is 5.69 Å². The summed E-state index contributed by atoms with van der Waals surface area (Å²) in [5, 5.41) is 1.07. The van der Waals surface area contributed by atoms with Crippen molar-refractivity contribution in [1.29, 1.82) is 0 Å². The first kappa shape index (κ1) is 20.1. The van der Waals surface area contributed by atoms with Crippen LogP contribution in [0.5, 0.6) is 0 Å². The van der Waals surface area contributed by atoms with Crippen LogP contribution < -0.4 is 5.32 Å². The molecule has 5 nitrogen and oxygen atoms in total. The van der Waals surface area contributed by atoms with Gasteiger partial charge in [-0.1, -0.05) is 36.1 Å². The number of sulfone groups is 1. The Hall–Kier alpha value is -2.62. The number of carbonyl (C=O) groups is 1. The molecule has 1 atom stereocenters. The molecule has 0 radical (unpaired) electrons. The van der Waals surface area contributed by atoms with E-state index in [4.69, 9.17) is 4.74 Å². The van der Waals surface area contributed by atoms with Crippen LogP contribution in [0.1, 0.15) is 30.9 Å². The van der Waals surface area contributed by atoms with E-state index >= 15 is 0 Å². The number of carbonyl (C=O) groups excluding carboxylic acids is 1. The van der Waals surface area contributed by atoms with Gasteiger partial charge in [-0.15, -0.1) is 0 Å². The van der Waals surface area contributed by atoms with Gasteiger partial charge >= 0.3 is 0 Å². The van der Waals surface area contributed by atoms with Gasteiger partial charge in [0.15, 0.2) is 9.84 Å². The van der Waals surface area contributed by atoms with Crippen LogP contribution in [0.2, 0.25) is 0 Å². The summed E-state index contributed by atoms with van der Waals surface area (Å²) in [4.78, 5) is 12.5. The molecule has 0 bridgehead atoms. The maximum atomic E-state index is 12.7. The fourth-order valence-electron chi connectivity index (χ4n) is 3.03. The number of amides is 1. The molecule has 2 aromatic carbocycles. The molecule has 3 rings (SSSR count). The Morgan fingerprint density at radius 3 is 2.39 bits per heavy atom. The molecule has 1 unspecified atom stereocenters. The van der Waals surface area contributed by atoms with E-state index in [2.05, 4.69) is 17.2 Å². The van der Waals surface area contributed by atoms with E-state index < -0.39 is 26.2 Å². The van der Waals surface area contributed by atoms with Crippen molar-refractivity contribution in [2.24, 2.45) is 0 Å². The fourth-order valence-corrected chi connectivity index (χ4v) is 4.81. The van der Waals surface area contributed by atoms with Crippen LogP contribution in [0.3, 0.4) is 0 Å². The molecule has 0 aromatic heterocycles. The maximum Gasteiger partial charge on any atom is 0.242 e. The first-order chi connectivity index (χ1) is 13.5. The largest absolute Gasteiger partial charge is 0.381 e. The van der Waals surface area contributed by atoms with Crippen LogP contribution in [0, 0.1) is 11.8 Å². The molecule has 6 heteroatoms. The second-order valence-corrected chi connectivity index (χ2v) is 9.28. The van der Waals surface area contributed by atoms with E-state index in [0.29, 0.717) is 31.7 Å². The summed E-state index contributed by atoms with van der Waals surface area (Å²) < 4.78 is 30.6. The molecule has 146 valence electrons. The van der Waals surface area contributed by atoms with Gasteiger partial charge in [-0.05, 0) is 50.1 Å². The third kappa shape index (κ3) is 5.00. The molecule has 0 saturated carbocycles. The Balaban J connectivity index is 1.69. The predicted molar refractivity (Wildman–Crippen MR) is 110 cm³/mol. The smallest absolute Gasteiger partial charge is 0.242 e. The van der Waals surface area contributed by atoms with Crippen LogP contribution >= 0.6 is 0 Å². The molecule has 1 aliphatic rings. The van der Waals surface area contributed by atoms with Gasteiger partial charge in [0.25, 0.3) is 0 Å². The highest BCUT2D eigenvalue weighted by atomic mass is 32.2. The number of hydrogen-bond acceptors (Lipinski definition) is 4. The maximum absolute atomic E-state index is 12.7. The predicted octanol–water partition coefficient (Wildman–Crippen LogP) is 3.01. The summed E-state index contributed by atoms with van der Waals surface area (Å²) in [7, 11) is -3.56. The van der Waals surface area contributed by atoms with Gasteiger partial charge in [0, 0.05) is 30.0 Å². The van der Waals surface area contributed by atoms with E-state index in [0.717, 1.165) is 11.1 Å². The second kappa shape index (κ2) is 9.05. The first-order valence-corrected chi connectivity index (χ1v) is 10.9. The Morgan fingerprint density at radius 2 is 1.68 bits per heavy atom. The summed E-state index contributed by atoms with van der Waals surface area (Å²) in [5.74, 6) is 5.59. The average molecular weight is 397 g/mol. The monoisotopic (exact) mass is 397 g/mol. The standard InChI is InChI=1S/C22H23NO4S/c1-17(28(25,26)21-12-14-27-15-13-21)22(24)23-20-9-5-8-19(16-20)11-10-18-6-3-2-4-7-18/h2-9,16-17,21H,12-15H2,1H3,(H,23,24). The van der Waals surface area contributed by atoms with Crippen molar-refractivity contribution >= 4 is 21.4 Å². The number of ether oxygens (including phenoxy) is 1. The van der Waals surface area contributed by atoms with Gasteiger partial charge in [-0.2, -0.15) is 0 Å². The zero-order valence-corrected chi connectivity index (χ0v) is 16.5. The summed E-state index contributed by atoms with van der Waals surface area (Å²) >= 11 is 0. The summed E-state index contributed by atoms with van der Waals surface area (Å²) in [6.07, 6.45) is 0.870. The van der Waals surface area contributed by atoms with Gasteiger partial charge < -0.3 is 10.1 Å². The van der Waals surface area contributed by atoms with Crippen molar-refractivity contribution in [2.75, 3.05) is 18.5 Å². The van der Waals surface area contributed by atoms with Gasteiger partial charge in [0.2, 0.25) is 5.91 Å². The first-order valence-electron chi connectivity index (χ1n) is 9.25. The normalized spacial score (nSPS) is 15.9. The lowest BCUT2D eigenvalue weighted by molar-refractivity contribution is -0.115. The van der Waals surface area contributed by atoms with E-state index in [1.807, 2.05) is 36.4 Å². The minimum atomic E-state index is -3.56. The van der Waals surface area contributed by atoms with Crippen LogP contribution in [-0.4, -0.2) is 38.0 Å². The molecule has 0 spiro atoms. The number of nitrogens with one attached hydrogen (secondary N) is 1. The van der Waals surface area contributed by atoms with E-state index in [1.165, 1.54) is 6.92 Å². The summed E-state index contributed by atoms with van der Waals surface area (Å²) in [5.41, 5.74) is 2.16. The van der Waals surface area contributed by atoms with Crippen molar-refractivity contribution < 1.29 is 17.9 Å². The highest BCUT2D eigenvalue weighted by Crippen LogP contribution is 2.21. The average Bonchev–Trinajstić information content (AvgIpc) is 2.73. The highest BCUT2D eigenvalue weighted by molar-refractivity contribution is 7.93. The lowest BCUT2D eigenvalue weighted by atomic mass is 10.1. The molecule has 1 fully saturated rings. The lowest BCUT2D eigenvalue weighted by Gasteiger charge is -2.25. The third-order valence-corrected chi connectivity index (χ3v) is 7.35. The third-order valence-electron chi connectivity index (χ3n) is 4.75. The SMILES string of the molecule is CC(C(=O)Nc1cccc(C#Cc2ccccc2)c1)S(=O)(=O)C1CCOCC1. The van der Waals surface area contributed by atoms with Gasteiger partial charge in [0.1, 0.15) is 5.25 Å². The minimum absolute atomic E-state index is 0.417. The number of anilines is 1. The Kier molecular flexibility index (Phi) is 6.50. The Bertz CT molecular complexity index is 984. The van der Waals surface area contributed by atoms with E-state index in [1.54, 1.807) is 18.2 Å². The zero-order valence-electron chi connectivity index (χ0n) is 15.7. The summed E-state index contributed by atoms with van der Waals surface area (Å²) in [6, 6.07) is 16.7. The molecule has 2 aromatic rings. The molecule has 1 heterocycles. The molecule has 1 amide bonds. The van der Waals surface area contributed by atoms with Crippen LogP contribution in [0.15, 0.2) is 54.6 Å². The van der Waals surface area contributed by atoms with Crippen molar-refractivity contribution in [3.8, 4) is 11.8 Å². The summed E-state index contributed by atoms with van der Waals surface area (Å²) in [6.45, 7) is 2.28. The molecule has 1 aliphatic heterocycles. The van der Waals surface area contributed by atoms with E-state index in [-0.39, 0.29) is 0 Å². The van der Waals surface area contributed by atoms with Gasteiger partial charge in [-0.3, -0.25) is 4.79 Å². The number of benzene rings is 2. The molecule has 28 heavy (non-hydrogen) atoms. The minimum Gasteiger partial charge on any atom is -0.381 e. The number of rotatable bonds is 4. The van der Waals surface area contributed by atoms with Gasteiger partial charge in [0.05, 0.1) is 5.25 Å². The quantitative estimate of drug-likeness (QED) is 0.805. The molecular formula is C22H23NO4S. The van der Waals surface area contributed by atoms with E-state index in [9.17, 15) is 13.2 Å².